The maximum absolute atomic E-state index is 11.6. The molecule has 0 unspecified atom stereocenters. The van der Waals surface area contributed by atoms with Gasteiger partial charge in [-0.1, -0.05) is 30.8 Å². The molecule has 4 nitrogen and oxygen atoms in total. The highest BCUT2D eigenvalue weighted by Crippen LogP contribution is 2.31. The summed E-state index contributed by atoms with van der Waals surface area (Å²) in [4.78, 5) is 24.4. The van der Waals surface area contributed by atoms with Gasteiger partial charge in [-0.2, -0.15) is 0 Å². The van der Waals surface area contributed by atoms with Crippen molar-refractivity contribution >= 4 is 23.7 Å². The number of carbonyl (C=O) groups excluding carboxylic acids is 1. The minimum atomic E-state index is -0.836. The summed E-state index contributed by atoms with van der Waals surface area (Å²) >= 11 is 1.59. The number of carboxylic acid groups (broad SMARTS) is 1. The molecule has 0 radical (unpaired) electrons. The van der Waals surface area contributed by atoms with Crippen molar-refractivity contribution in [1.29, 1.82) is 0 Å². The molecule has 0 aromatic heterocycles. The molecule has 1 N–H and O–H groups in total. The van der Waals surface area contributed by atoms with Gasteiger partial charge in [-0.05, 0) is 47.9 Å². The average molecular weight is 330 g/mol. The van der Waals surface area contributed by atoms with Crippen molar-refractivity contribution in [2.75, 3.05) is 7.11 Å². The highest BCUT2D eigenvalue weighted by molar-refractivity contribution is 7.99. The summed E-state index contributed by atoms with van der Waals surface area (Å²) in [5, 5.41) is 8.79. The Bertz CT molecular complexity index is 707. The predicted molar refractivity (Wildman–Crippen MR) is 89.1 cm³/mol. The molecule has 23 heavy (non-hydrogen) atoms. The molecule has 0 saturated heterocycles. The lowest BCUT2D eigenvalue weighted by Crippen LogP contribution is -2.02. The van der Waals surface area contributed by atoms with E-state index in [9.17, 15) is 9.59 Å². The Kier molecular flexibility index (Phi) is 5.82. The molecule has 0 atom stereocenters. The zero-order valence-corrected chi connectivity index (χ0v) is 13.9. The molecule has 0 saturated carbocycles. The molecule has 0 aliphatic rings. The normalized spacial score (nSPS) is 10.3. The van der Waals surface area contributed by atoms with E-state index in [1.165, 1.54) is 7.11 Å². The Morgan fingerprint density at radius 1 is 1.13 bits per heavy atom. The summed E-state index contributed by atoms with van der Waals surface area (Å²) < 4.78 is 4.75. The molecule has 2 rings (SSSR count). The first-order valence-electron chi connectivity index (χ1n) is 7.23. The molecule has 120 valence electrons. The van der Waals surface area contributed by atoms with E-state index in [1.54, 1.807) is 17.8 Å². The van der Waals surface area contributed by atoms with Crippen molar-refractivity contribution in [3.63, 3.8) is 0 Å². The quantitative estimate of drug-likeness (QED) is 0.816. The van der Waals surface area contributed by atoms with Gasteiger partial charge in [-0.15, -0.1) is 0 Å². The number of aryl methyl sites for hydroxylation is 1. The van der Waals surface area contributed by atoms with Gasteiger partial charge in [0, 0.05) is 9.79 Å². The lowest BCUT2D eigenvalue weighted by molar-refractivity contribution is -0.136. The Labute approximate surface area is 139 Å². The van der Waals surface area contributed by atoms with Crippen LogP contribution in [0.2, 0.25) is 0 Å². The van der Waals surface area contributed by atoms with Crippen molar-refractivity contribution < 1.29 is 19.4 Å². The number of carboxylic acids is 1. The summed E-state index contributed by atoms with van der Waals surface area (Å²) in [6.45, 7) is 2.04. The van der Waals surface area contributed by atoms with Gasteiger partial charge in [-0.3, -0.25) is 4.79 Å². The fourth-order valence-corrected chi connectivity index (χ4v) is 3.17. The highest BCUT2D eigenvalue weighted by atomic mass is 32.2. The summed E-state index contributed by atoms with van der Waals surface area (Å²) in [6.07, 6.45) is 0.837. The van der Waals surface area contributed by atoms with E-state index < -0.39 is 5.97 Å². The Hall–Kier alpha value is -2.27. The number of esters is 1. The van der Waals surface area contributed by atoms with Gasteiger partial charge in [-0.25, -0.2) is 4.79 Å². The monoisotopic (exact) mass is 330 g/mol. The minimum Gasteiger partial charge on any atom is -0.481 e. The Morgan fingerprint density at radius 3 is 2.39 bits per heavy atom. The SMILES string of the molecule is CCc1cc(C(=O)OC)ccc1Sc1ccc(CC(=O)O)cc1. The van der Waals surface area contributed by atoms with E-state index in [4.69, 9.17) is 9.84 Å². The molecule has 0 aliphatic carbocycles. The third-order valence-corrected chi connectivity index (χ3v) is 4.50. The van der Waals surface area contributed by atoms with E-state index in [2.05, 4.69) is 0 Å². The van der Waals surface area contributed by atoms with Gasteiger partial charge in [0.2, 0.25) is 0 Å². The second-order valence-corrected chi connectivity index (χ2v) is 6.10. The second kappa shape index (κ2) is 7.83. The van der Waals surface area contributed by atoms with Crippen molar-refractivity contribution in [2.45, 2.75) is 29.6 Å². The van der Waals surface area contributed by atoms with E-state index >= 15 is 0 Å². The fourth-order valence-electron chi connectivity index (χ4n) is 2.18. The van der Waals surface area contributed by atoms with Crippen LogP contribution < -0.4 is 0 Å². The lowest BCUT2D eigenvalue weighted by atomic mass is 10.1. The molecule has 0 spiro atoms. The summed E-state index contributed by atoms with van der Waals surface area (Å²) in [5.41, 5.74) is 2.40. The largest absolute Gasteiger partial charge is 0.481 e. The van der Waals surface area contributed by atoms with Gasteiger partial charge >= 0.3 is 11.9 Å². The van der Waals surface area contributed by atoms with Gasteiger partial charge in [0.1, 0.15) is 0 Å². The fraction of sp³-hybridized carbons (Fsp3) is 0.222. The number of rotatable bonds is 6. The van der Waals surface area contributed by atoms with Gasteiger partial charge < -0.3 is 9.84 Å². The van der Waals surface area contributed by atoms with Crippen LogP contribution in [0, 0.1) is 0 Å². The summed E-state index contributed by atoms with van der Waals surface area (Å²) in [5.74, 6) is -1.17. The van der Waals surface area contributed by atoms with Crippen molar-refractivity contribution in [1.82, 2.24) is 0 Å². The van der Waals surface area contributed by atoms with Crippen LogP contribution in [0.25, 0.3) is 0 Å². The van der Waals surface area contributed by atoms with Crippen molar-refractivity contribution in [2.24, 2.45) is 0 Å². The summed E-state index contributed by atoms with van der Waals surface area (Å²) in [7, 11) is 1.37. The standard InChI is InChI=1S/C18H18O4S/c1-3-13-11-14(18(21)22-2)6-9-16(13)23-15-7-4-12(5-8-15)10-17(19)20/h4-9,11H,3,10H2,1-2H3,(H,19,20). The van der Waals surface area contributed by atoms with Crippen molar-refractivity contribution in [3.8, 4) is 0 Å². The number of aliphatic carboxylic acids is 1. The molecule has 2 aromatic carbocycles. The van der Waals surface area contributed by atoms with Gasteiger partial charge in [0.15, 0.2) is 0 Å². The number of ether oxygens (including phenoxy) is 1. The lowest BCUT2D eigenvalue weighted by Gasteiger charge is -2.10. The third kappa shape index (κ3) is 4.60. The molecule has 2 aromatic rings. The van der Waals surface area contributed by atoms with E-state index in [1.807, 2.05) is 43.3 Å². The van der Waals surface area contributed by atoms with Crippen LogP contribution >= 0.6 is 11.8 Å². The Morgan fingerprint density at radius 2 is 1.83 bits per heavy atom. The van der Waals surface area contributed by atoms with Crippen LogP contribution in [0.4, 0.5) is 0 Å². The van der Waals surface area contributed by atoms with Crippen LogP contribution in [0.5, 0.6) is 0 Å². The van der Waals surface area contributed by atoms with Gasteiger partial charge in [0.05, 0.1) is 19.1 Å². The van der Waals surface area contributed by atoms with E-state index in [0.717, 1.165) is 27.3 Å². The molecule has 0 amide bonds. The molecule has 0 heterocycles. The maximum atomic E-state index is 11.6. The molecule has 0 aliphatic heterocycles. The first-order chi connectivity index (χ1) is 11.0. The topological polar surface area (TPSA) is 63.6 Å². The zero-order chi connectivity index (χ0) is 16.8. The highest BCUT2D eigenvalue weighted by Gasteiger charge is 2.10. The Balaban J connectivity index is 2.19. The molecule has 5 heteroatoms. The molecular weight excluding hydrogens is 312 g/mol. The van der Waals surface area contributed by atoms with Gasteiger partial charge in [0.25, 0.3) is 0 Å². The maximum Gasteiger partial charge on any atom is 0.337 e. The predicted octanol–water partition coefficient (Wildman–Crippen LogP) is 3.81. The van der Waals surface area contributed by atoms with E-state index in [0.29, 0.717) is 5.56 Å². The second-order valence-electron chi connectivity index (χ2n) is 4.98. The van der Waals surface area contributed by atoms with Crippen LogP contribution in [0.1, 0.15) is 28.4 Å². The molecular formula is C18H18O4S. The first kappa shape index (κ1) is 17.1. The number of carbonyl (C=O) groups is 2. The third-order valence-electron chi connectivity index (χ3n) is 3.37. The number of methoxy groups -OCH3 is 1. The van der Waals surface area contributed by atoms with Crippen molar-refractivity contribution in [3.05, 3.63) is 59.2 Å². The first-order valence-corrected chi connectivity index (χ1v) is 8.05. The zero-order valence-electron chi connectivity index (χ0n) is 13.0. The van der Waals surface area contributed by atoms with Crippen LogP contribution in [-0.2, 0) is 22.4 Å². The van der Waals surface area contributed by atoms with Crippen LogP contribution in [-0.4, -0.2) is 24.2 Å². The smallest absolute Gasteiger partial charge is 0.337 e. The van der Waals surface area contributed by atoms with Crippen LogP contribution in [0.15, 0.2) is 52.3 Å². The number of benzene rings is 2. The molecule has 0 fully saturated rings. The average Bonchev–Trinajstić information content (AvgIpc) is 2.55. The number of hydrogen-bond acceptors (Lipinski definition) is 4. The molecule has 0 bridgehead atoms. The summed E-state index contributed by atoms with van der Waals surface area (Å²) in [6, 6.07) is 13.0. The minimum absolute atomic E-state index is 0.0268. The van der Waals surface area contributed by atoms with E-state index in [-0.39, 0.29) is 12.4 Å². The van der Waals surface area contributed by atoms with Crippen LogP contribution in [0.3, 0.4) is 0 Å². The number of hydrogen-bond donors (Lipinski definition) is 1.